The molecule has 0 spiro atoms. The minimum Gasteiger partial charge on any atom is -0.462 e. The normalized spacial score (nSPS) is 14.5. The van der Waals surface area contributed by atoms with E-state index in [9.17, 15) is 43.2 Å². The lowest BCUT2D eigenvalue weighted by Crippen LogP contribution is -2.30. The number of carbonyl (C=O) groups is 4. The molecule has 0 aromatic rings. The minimum atomic E-state index is -4.99. The maximum atomic E-state index is 13.1. The minimum absolute atomic E-state index is 0.0785. The van der Waals surface area contributed by atoms with Gasteiger partial charge in [-0.1, -0.05) is 278 Å². The van der Waals surface area contributed by atoms with E-state index in [1.165, 1.54) is 44.9 Å². The Bertz CT molecular complexity index is 2440. The molecule has 5 atom stereocenters. The van der Waals surface area contributed by atoms with Crippen molar-refractivity contribution in [1.29, 1.82) is 0 Å². The van der Waals surface area contributed by atoms with Gasteiger partial charge in [-0.3, -0.25) is 37.3 Å². The fourth-order valence-electron chi connectivity index (χ4n) is 10.7. The number of ether oxygens (including phenoxy) is 4. The van der Waals surface area contributed by atoms with Gasteiger partial charge in [0.15, 0.2) is 12.2 Å². The highest BCUT2D eigenvalue weighted by Gasteiger charge is 2.30. The van der Waals surface area contributed by atoms with Gasteiger partial charge in [-0.15, -0.1) is 0 Å². The van der Waals surface area contributed by atoms with Gasteiger partial charge in [0.05, 0.1) is 26.4 Å². The molecule has 0 saturated heterocycles. The summed E-state index contributed by atoms with van der Waals surface area (Å²) in [5, 5.41) is 10.6. The number of unbranched alkanes of at least 4 members (excludes halogenated alkanes) is 30. The maximum absolute atomic E-state index is 13.1. The lowest BCUT2D eigenvalue weighted by Gasteiger charge is -2.21. The number of hydrogen-bond donors (Lipinski definition) is 3. The zero-order valence-corrected chi connectivity index (χ0v) is 67.2. The zero-order valence-electron chi connectivity index (χ0n) is 65.4. The molecule has 0 heterocycles. The fourth-order valence-corrected chi connectivity index (χ4v) is 12.3. The van der Waals surface area contributed by atoms with E-state index in [-0.39, 0.29) is 25.7 Å². The van der Waals surface area contributed by atoms with E-state index in [4.69, 9.17) is 37.0 Å². The smallest absolute Gasteiger partial charge is 0.462 e. The summed E-state index contributed by atoms with van der Waals surface area (Å²) in [6.07, 6.45) is 84.5. The molecule has 0 amide bonds. The van der Waals surface area contributed by atoms with Crippen molar-refractivity contribution in [2.75, 3.05) is 39.6 Å². The van der Waals surface area contributed by atoms with Crippen LogP contribution < -0.4 is 0 Å². The summed E-state index contributed by atoms with van der Waals surface area (Å²) < 4.78 is 68.6. The Morgan fingerprint density at radius 1 is 0.279 bits per heavy atom. The van der Waals surface area contributed by atoms with E-state index >= 15 is 0 Å². The first-order chi connectivity index (χ1) is 50.7. The van der Waals surface area contributed by atoms with Gasteiger partial charge in [-0.2, -0.15) is 0 Å². The molecule has 19 heteroatoms. The molecule has 0 radical (unpaired) electrons. The van der Waals surface area contributed by atoms with Crippen LogP contribution in [0.4, 0.5) is 0 Å². The molecule has 104 heavy (non-hydrogen) atoms. The predicted molar refractivity (Wildman–Crippen MR) is 427 cm³/mol. The standard InChI is InChI=1S/C85H146O17P2/c1-5-9-13-17-21-25-29-33-36-38-39-41-43-47-50-54-58-62-66-70-83(88)96-76-81(102-85(90)72-68-64-60-56-52-48-44-40-37-34-30-26-22-18-14-10-6-2)78-100-104(93,94)98-74-79(86)73-97-103(91,92)99-77-80(101-84(89)71-67-63-59-55-51-45-32-28-24-20-16-12-8-4)75-95-82(87)69-65-61-57-53-49-46-42-35-31-27-23-19-15-11-7-3/h10-11,14-15,21-23,25-28,32-37,39,41-42,79-81,86H,5-9,12-13,16-20,24,29-31,38,40,43-78H2,1-4H3,(H,91,92)(H,93,94)/b14-10-,15-11-,25-21-,26-22-,27-23-,32-28-,36-33-,37-34-,41-39-,42-35-. The molecule has 598 valence electrons. The van der Waals surface area contributed by atoms with Gasteiger partial charge >= 0.3 is 39.5 Å². The number of allylic oxidation sites excluding steroid dienone is 20. The van der Waals surface area contributed by atoms with E-state index in [2.05, 4.69) is 149 Å². The molecule has 3 N–H and O–H groups in total. The van der Waals surface area contributed by atoms with Crippen LogP contribution in [0.15, 0.2) is 122 Å². The third kappa shape index (κ3) is 75.7. The summed E-state index contributed by atoms with van der Waals surface area (Å²) in [5.74, 6) is -2.22. The van der Waals surface area contributed by atoms with Crippen molar-refractivity contribution < 1.29 is 80.2 Å². The van der Waals surface area contributed by atoms with Crippen LogP contribution in [0, 0.1) is 0 Å². The van der Waals surface area contributed by atoms with E-state index in [0.717, 1.165) is 212 Å². The van der Waals surface area contributed by atoms with Gasteiger partial charge in [-0.25, -0.2) is 9.13 Å². The molecule has 0 aliphatic rings. The lowest BCUT2D eigenvalue weighted by atomic mass is 10.1. The molecular weight excluding hydrogens is 1350 g/mol. The molecule has 0 rings (SSSR count). The Balaban J connectivity index is 5.38. The Hall–Kier alpha value is -4.54. The van der Waals surface area contributed by atoms with Crippen LogP contribution in [-0.2, 0) is 65.4 Å². The first-order valence-corrected chi connectivity index (χ1v) is 43.8. The average Bonchev–Trinajstić information content (AvgIpc) is 0.917. The second-order valence-electron chi connectivity index (χ2n) is 26.9. The molecule has 5 unspecified atom stereocenters. The second-order valence-corrected chi connectivity index (χ2v) is 29.8. The van der Waals surface area contributed by atoms with Crippen LogP contribution in [-0.4, -0.2) is 96.7 Å². The number of phosphoric acid groups is 2. The van der Waals surface area contributed by atoms with E-state index in [1.54, 1.807) is 0 Å². The monoisotopic (exact) mass is 1500 g/mol. The zero-order chi connectivity index (χ0) is 76.0. The lowest BCUT2D eigenvalue weighted by molar-refractivity contribution is -0.161. The molecule has 0 fully saturated rings. The Kier molecular flexibility index (Phi) is 73.3. The van der Waals surface area contributed by atoms with Crippen LogP contribution in [0.2, 0.25) is 0 Å². The van der Waals surface area contributed by atoms with Gasteiger partial charge in [-0.05, 0) is 154 Å². The summed E-state index contributed by atoms with van der Waals surface area (Å²) in [7, 11) is -9.97. The predicted octanol–water partition coefficient (Wildman–Crippen LogP) is 23.9. The van der Waals surface area contributed by atoms with Crippen molar-refractivity contribution >= 4 is 39.5 Å². The number of phosphoric ester groups is 2. The summed E-state index contributed by atoms with van der Waals surface area (Å²) in [4.78, 5) is 73.1. The third-order valence-corrected chi connectivity index (χ3v) is 18.8. The van der Waals surface area contributed by atoms with Crippen molar-refractivity contribution in [3.8, 4) is 0 Å². The van der Waals surface area contributed by atoms with Crippen LogP contribution in [0.3, 0.4) is 0 Å². The summed E-state index contributed by atoms with van der Waals surface area (Å²) >= 11 is 0. The topological polar surface area (TPSA) is 237 Å². The number of aliphatic hydroxyl groups excluding tert-OH is 1. The highest BCUT2D eigenvalue weighted by atomic mass is 31.2. The molecule has 0 bridgehead atoms. The largest absolute Gasteiger partial charge is 0.472 e. The SMILES string of the molecule is CC/C=C\C/C=C\C/C=C\CCCCCCCCCC(=O)OC(COC(=O)CCCCCCCC/C=C\C/C=C\C/C=C\CCCCC)COP(=O)(O)OCC(O)COP(=O)(O)OCC(COC(=O)CCCCCCC/C=C\C/C=C\C/C=C\CC)OC(=O)CCCCCCC/C=C\CCCCCC. The Labute approximate surface area is 632 Å². The van der Waals surface area contributed by atoms with E-state index in [0.29, 0.717) is 25.7 Å². The van der Waals surface area contributed by atoms with E-state index < -0.39 is 97.5 Å². The quantitative estimate of drug-likeness (QED) is 0.0169. The molecule has 0 aliphatic carbocycles. The number of carbonyl (C=O) groups excluding carboxylic acids is 4. The molecule has 0 aromatic heterocycles. The van der Waals surface area contributed by atoms with Gasteiger partial charge in [0.1, 0.15) is 19.3 Å². The Morgan fingerprint density at radius 2 is 0.500 bits per heavy atom. The maximum Gasteiger partial charge on any atom is 0.472 e. The van der Waals surface area contributed by atoms with Gasteiger partial charge in [0, 0.05) is 25.7 Å². The molecular formula is C85H146O17P2. The highest BCUT2D eigenvalue weighted by Crippen LogP contribution is 2.45. The van der Waals surface area contributed by atoms with Crippen molar-refractivity contribution in [2.24, 2.45) is 0 Å². The van der Waals surface area contributed by atoms with Crippen LogP contribution in [0.25, 0.3) is 0 Å². The van der Waals surface area contributed by atoms with Gasteiger partial charge < -0.3 is 33.8 Å². The number of hydrogen-bond acceptors (Lipinski definition) is 15. The van der Waals surface area contributed by atoms with Crippen LogP contribution >= 0.6 is 15.6 Å². The third-order valence-electron chi connectivity index (χ3n) is 16.9. The summed E-state index contributed by atoms with van der Waals surface area (Å²) in [6, 6.07) is 0. The molecule has 0 saturated carbocycles. The van der Waals surface area contributed by atoms with Crippen molar-refractivity contribution in [3.63, 3.8) is 0 Å². The summed E-state index contributed by atoms with van der Waals surface area (Å²) in [5.41, 5.74) is 0. The van der Waals surface area contributed by atoms with E-state index in [1.807, 2.05) is 0 Å². The highest BCUT2D eigenvalue weighted by molar-refractivity contribution is 7.47. The number of aliphatic hydroxyl groups is 1. The molecule has 17 nitrogen and oxygen atoms in total. The van der Waals surface area contributed by atoms with Crippen molar-refractivity contribution in [3.05, 3.63) is 122 Å². The van der Waals surface area contributed by atoms with Gasteiger partial charge in [0.25, 0.3) is 0 Å². The summed E-state index contributed by atoms with van der Waals surface area (Å²) in [6.45, 7) is 4.59. The number of esters is 4. The first kappa shape index (κ1) is 99.5. The van der Waals surface area contributed by atoms with Crippen molar-refractivity contribution in [2.45, 2.75) is 354 Å². The number of rotatable bonds is 76. The average molecular weight is 1500 g/mol. The van der Waals surface area contributed by atoms with Gasteiger partial charge in [0.2, 0.25) is 0 Å². The Morgan fingerprint density at radius 3 is 0.798 bits per heavy atom. The molecule has 0 aromatic carbocycles. The molecule has 0 aliphatic heterocycles. The van der Waals surface area contributed by atoms with Crippen molar-refractivity contribution in [1.82, 2.24) is 0 Å². The fraction of sp³-hybridized carbons (Fsp3) is 0.718. The first-order valence-electron chi connectivity index (χ1n) is 40.8. The van der Waals surface area contributed by atoms with Crippen LogP contribution in [0.5, 0.6) is 0 Å². The van der Waals surface area contributed by atoms with Crippen LogP contribution in [0.1, 0.15) is 336 Å². The second kappa shape index (κ2) is 76.6.